The van der Waals surface area contributed by atoms with E-state index in [4.69, 9.17) is 16.0 Å². The first-order chi connectivity index (χ1) is 8.86. The van der Waals surface area contributed by atoms with Gasteiger partial charge in [-0.2, -0.15) is 14.8 Å². The molecule has 90 valence electrons. The molecule has 0 bridgehead atoms. The second-order valence-electron chi connectivity index (χ2n) is 3.79. The summed E-state index contributed by atoms with van der Waals surface area (Å²) < 4.78 is 6.89. The van der Waals surface area contributed by atoms with Gasteiger partial charge in [0.2, 0.25) is 0 Å². The topological polar surface area (TPSA) is 43.9 Å². The number of oxazole rings is 1. The minimum absolute atomic E-state index is 0.330. The lowest BCUT2D eigenvalue weighted by Crippen LogP contribution is -1.94. The van der Waals surface area contributed by atoms with Crippen LogP contribution in [0.15, 0.2) is 53.4 Å². The molecule has 0 saturated heterocycles. The molecule has 0 spiro atoms. The van der Waals surface area contributed by atoms with E-state index in [0.717, 1.165) is 11.1 Å². The van der Waals surface area contributed by atoms with Gasteiger partial charge in [-0.15, -0.1) is 11.6 Å². The van der Waals surface area contributed by atoms with E-state index in [1.165, 1.54) is 6.26 Å². The Morgan fingerprint density at radius 3 is 2.72 bits per heavy atom. The van der Waals surface area contributed by atoms with E-state index in [-0.39, 0.29) is 0 Å². The van der Waals surface area contributed by atoms with Crippen LogP contribution in [0.1, 0.15) is 5.69 Å². The third kappa shape index (κ3) is 2.02. The monoisotopic (exact) mass is 259 g/mol. The number of rotatable bonds is 3. The second-order valence-corrected chi connectivity index (χ2v) is 4.06. The Morgan fingerprint density at radius 1 is 1.17 bits per heavy atom. The first-order valence-corrected chi connectivity index (χ1v) is 6.01. The summed E-state index contributed by atoms with van der Waals surface area (Å²) in [7, 11) is 0. The zero-order valence-corrected chi connectivity index (χ0v) is 10.2. The highest BCUT2D eigenvalue weighted by Crippen LogP contribution is 2.19. The summed E-state index contributed by atoms with van der Waals surface area (Å²) in [4.78, 5) is 4.21. The fraction of sp³-hybridized carbons (Fsp3) is 0.0769. The first kappa shape index (κ1) is 11.0. The van der Waals surface area contributed by atoms with E-state index >= 15 is 0 Å². The van der Waals surface area contributed by atoms with Gasteiger partial charge in [0.25, 0.3) is 0 Å². The molecule has 4 nitrogen and oxygen atoms in total. The molecule has 0 fully saturated rings. The molecule has 2 heterocycles. The summed E-state index contributed by atoms with van der Waals surface area (Å²) in [6.07, 6.45) is 5.19. The Kier molecular flexibility index (Phi) is 2.86. The van der Waals surface area contributed by atoms with Crippen LogP contribution in [-0.4, -0.2) is 14.8 Å². The molecular weight excluding hydrogens is 250 g/mol. The van der Waals surface area contributed by atoms with E-state index in [9.17, 15) is 0 Å². The maximum absolute atomic E-state index is 5.68. The Balaban J connectivity index is 1.94. The van der Waals surface area contributed by atoms with Gasteiger partial charge in [-0.1, -0.05) is 30.3 Å². The number of aromatic nitrogens is 3. The van der Waals surface area contributed by atoms with Crippen molar-refractivity contribution in [1.82, 2.24) is 14.8 Å². The number of alkyl halides is 1. The van der Waals surface area contributed by atoms with Crippen LogP contribution in [0.5, 0.6) is 0 Å². The molecule has 0 unspecified atom stereocenters. The highest BCUT2D eigenvalue weighted by molar-refractivity contribution is 6.16. The van der Waals surface area contributed by atoms with Crippen molar-refractivity contribution in [3.63, 3.8) is 0 Å². The van der Waals surface area contributed by atoms with Crippen molar-refractivity contribution < 1.29 is 4.42 Å². The van der Waals surface area contributed by atoms with Gasteiger partial charge < -0.3 is 4.42 Å². The van der Waals surface area contributed by atoms with E-state index in [0.29, 0.717) is 17.6 Å². The number of benzene rings is 1. The van der Waals surface area contributed by atoms with E-state index in [1.807, 2.05) is 36.5 Å². The van der Waals surface area contributed by atoms with Crippen LogP contribution in [0.25, 0.3) is 17.1 Å². The summed E-state index contributed by atoms with van der Waals surface area (Å²) in [5.41, 5.74) is 2.82. The average molecular weight is 260 g/mol. The summed E-state index contributed by atoms with van der Waals surface area (Å²) in [6, 6.07) is 10.4. The zero-order valence-electron chi connectivity index (χ0n) is 9.45. The van der Waals surface area contributed by atoms with Gasteiger partial charge in [0.15, 0.2) is 0 Å². The lowest BCUT2D eigenvalue weighted by molar-refractivity contribution is 0.509. The Hall–Kier alpha value is -2.07. The Bertz CT molecular complexity index is 645. The molecule has 0 aliphatic rings. The highest BCUT2D eigenvalue weighted by Gasteiger charge is 2.08. The lowest BCUT2D eigenvalue weighted by Gasteiger charge is -1.94. The molecule has 0 atom stereocenters. The molecule has 0 saturated carbocycles. The molecule has 0 N–H and O–H groups in total. The highest BCUT2D eigenvalue weighted by atomic mass is 35.5. The normalized spacial score (nSPS) is 10.7. The number of hydrogen-bond acceptors (Lipinski definition) is 3. The molecule has 1 aromatic carbocycles. The van der Waals surface area contributed by atoms with Gasteiger partial charge in [-0.3, -0.25) is 0 Å². The van der Waals surface area contributed by atoms with Crippen LogP contribution in [0.4, 0.5) is 0 Å². The molecule has 5 heteroatoms. The number of halogens is 1. The zero-order chi connectivity index (χ0) is 12.4. The average Bonchev–Trinajstić information content (AvgIpc) is 3.08. The third-order valence-electron chi connectivity index (χ3n) is 2.56. The van der Waals surface area contributed by atoms with Crippen LogP contribution in [0.2, 0.25) is 0 Å². The standard InChI is InChI=1S/C13H10ClN3O/c14-6-12-9-18-13(16-12)17-8-11(7-15-17)10-4-2-1-3-5-10/h1-5,7-9H,6H2. The van der Waals surface area contributed by atoms with Crippen molar-refractivity contribution in [3.05, 3.63) is 54.7 Å². The molecule has 0 radical (unpaired) electrons. The van der Waals surface area contributed by atoms with Crippen LogP contribution in [0, 0.1) is 0 Å². The van der Waals surface area contributed by atoms with Gasteiger partial charge in [-0.25, -0.2) is 0 Å². The maximum atomic E-state index is 5.68. The fourth-order valence-corrected chi connectivity index (χ4v) is 1.79. The van der Waals surface area contributed by atoms with Crippen LogP contribution < -0.4 is 0 Å². The molecular formula is C13H10ClN3O. The van der Waals surface area contributed by atoms with Crippen LogP contribution in [0.3, 0.4) is 0 Å². The smallest absolute Gasteiger partial charge is 0.322 e. The third-order valence-corrected chi connectivity index (χ3v) is 2.84. The van der Waals surface area contributed by atoms with E-state index in [2.05, 4.69) is 10.1 Å². The van der Waals surface area contributed by atoms with Gasteiger partial charge >= 0.3 is 6.01 Å². The minimum atomic E-state index is 0.330. The number of nitrogens with zero attached hydrogens (tertiary/aromatic N) is 3. The first-order valence-electron chi connectivity index (χ1n) is 5.47. The molecule has 18 heavy (non-hydrogen) atoms. The predicted molar refractivity (Wildman–Crippen MR) is 68.6 cm³/mol. The maximum Gasteiger partial charge on any atom is 0.322 e. The summed E-state index contributed by atoms with van der Waals surface area (Å²) in [5, 5.41) is 4.23. The molecule has 0 aliphatic carbocycles. The number of hydrogen-bond donors (Lipinski definition) is 0. The molecule has 3 rings (SSSR count). The fourth-order valence-electron chi connectivity index (χ4n) is 1.67. The largest absolute Gasteiger partial charge is 0.430 e. The van der Waals surface area contributed by atoms with Gasteiger partial charge in [0, 0.05) is 11.8 Å². The quantitative estimate of drug-likeness (QED) is 0.678. The predicted octanol–water partition coefficient (Wildman–Crippen LogP) is 3.27. The van der Waals surface area contributed by atoms with Crippen molar-refractivity contribution in [2.45, 2.75) is 5.88 Å². The van der Waals surface area contributed by atoms with Gasteiger partial charge in [0.05, 0.1) is 17.8 Å². The molecule has 2 aromatic heterocycles. The van der Waals surface area contributed by atoms with Crippen LogP contribution >= 0.6 is 11.6 Å². The summed E-state index contributed by atoms with van der Waals surface area (Å²) in [6.45, 7) is 0. The lowest BCUT2D eigenvalue weighted by atomic mass is 10.1. The van der Waals surface area contributed by atoms with Crippen LogP contribution in [-0.2, 0) is 5.88 Å². The summed E-state index contributed by atoms with van der Waals surface area (Å²) in [5.74, 6) is 0.330. The van der Waals surface area contributed by atoms with Gasteiger partial charge in [-0.05, 0) is 5.56 Å². The second kappa shape index (κ2) is 4.66. The molecule has 0 aliphatic heterocycles. The van der Waals surface area contributed by atoms with Crippen molar-refractivity contribution in [3.8, 4) is 17.1 Å². The van der Waals surface area contributed by atoms with Gasteiger partial charge in [0.1, 0.15) is 6.26 Å². The van der Waals surface area contributed by atoms with E-state index < -0.39 is 0 Å². The van der Waals surface area contributed by atoms with Crippen molar-refractivity contribution in [1.29, 1.82) is 0 Å². The summed E-state index contributed by atoms with van der Waals surface area (Å²) >= 11 is 5.68. The Morgan fingerprint density at radius 2 is 2.00 bits per heavy atom. The van der Waals surface area contributed by atoms with Crippen molar-refractivity contribution in [2.75, 3.05) is 0 Å². The van der Waals surface area contributed by atoms with E-state index in [1.54, 1.807) is 10.9 Å². The minimum Gasteiger partial charge on any atom is -0.430 e. The van der Waals surface area contributed by atoms with Crippen molar-refractivity contribution in [2.24, 2.45) is 0 Å². The Labute approximate surface area is 109 Å². The van der Waals surface area contributed by atoms with Crippen molar-refractivity contribution >= 4 is 11.6 Å². The SMILES string of the molecule is ClCc1coc(-n2cc(-c3ccccc3)cn2)n1. The molecule has 0 amide bonds. The molecule has 3 aromatic rings.